The quantitative estimate of drug-likeness (QED) is 0.184. The fourth-order valence-electron chi connectivity index (χ4n) is 7.57. The second-order valence-electron chi connectivity index (χ2n) is 13.2. The van der Waals surface area contributed by atoms with Crippen LogP contribution in [0.1, 0.15) is 5.56 Å². The highest BCUT2D eigenvalue weighted by atomic mass is 16.3. The lowest BCUT2D eigenvalue weighted by atomic mass is 10.0. The predicted molar refractivity (Wildman–Crippen MR) is 210 cm³/mol. The van der Waals surface area contributed by atoms with E-state index in [2.05, 4.69) is 89.5 Å². The smallest absolute Gasteiger partial charge is 0.238 e. The second-order valence-corrected chi connectivity index (χ2v) is 13.2. The van der Waals surface area contributed by atoms with Crippen molar-refractivity contribution in [2.75, 3.05) is 0 Å². The van der Waals surface area contributed by atoms with Crippen molar-refractivity contribution in [3.05, 3.63) is 157 Å². The summed E-state index contributed by atoms with van der Waals surface area (Å²) in [5.41, 5.74) is 9.39. The van der Waals surface area contributed by atoms with E-state index in [4.69, 9.17) is 23.8 Å². The first-order chi connectivity index (χ1) is 26.2. The molecule has 7 nitrogen and oxygen atoms in total. The van der Waals surface area contributed by atoms with Crippen LogP contribution in [0.4, 0.5) is 0 Å². The van der Waals surface area contributed by atoms with Crippen LogP contribution < -0.4 is 0 Å². The van der Waals surface area contributed by atoms with E-state index in [0.29, 0.717) is 28.7 Å². The number of nitrogens with zero attached hydrogens (tertiary/aromatic N) is 5. The fourth-order valence-corrected chi connectivity index (χ4v) is 7.57. The minimum atomic E-state index is 0.549. The third-order valence-electron chi connectivity index (χ3n) is 10.1. The van der Waals surface area contributed by atoms with Crippen molar-refractivity contribution >= 4 is 65.7 Å². The van der Waals surface area contributed by atoms with Gasteiger partial charge in [0.1, 0.15) is 22.3 Å². The largest absolute Gasteiger partial charge is 0.456 e. The Morgan fingerprint density at radius 1 is 0.415 bits per heavy atom. The number of furan rings is 2. The maximum absolute atomic E-state index is 9.33. The van der Waals surface area contributed by atoms with Gasteiger partial charge in [-0.25, -0.2) is 4.98 Å². The number of hydrogen-bond acceptors (Lipinski definition) is 6. The molecular weight excluding hydrogens is 655 g/mol. The monoisotopic (exact) mass is 679 g/mol. The van der Waals surface area contributed by atoms with E-state index in [-0.39, 0.29) is 0 Å². The molecular formula is C46H25N5O2. The SMILES string of the molecule is N#Cc1ccc2c(c1)oc1cc(-c3ccc4c(c3)oc3cc(-c5nc(-c6ccccc6)nc(-n6c7ccccc7c7ccccc76)n5)ccc34)ccc12. The molecule has 11 rings (SSSR count). The number of rotatable bonds is 4. The van der Waals surface area contributed by atoms with Gasteiger partial charge < -0.3 is 8.83 Å². The summed E-state index contributed by atoms with van der Waals surface area (Å²) in [4.78, 5) is 15.2. The Balaban J connectivity index is 1.04. The van der Waals surface area contributed by atoms with Gasteiger partial charge >= 0.3 is 0 Å². The molecule has 0 radical (unpaired) electrons. The second kappa shape index (κ2) is 11.2. The molecule has 0 spiro atoms. The van der Waals surface area contributed by atoms with E-state index in [1.165, 1.54) is 0 Å². The lowest BCUT2D eigenvalue weighted by molar-refractivity contribution is 0.668. The molecule has 4 heterocycles. The summed E-state index contributed by atoms with van der Waals surface area (Å²) in [5, 5.41) is 15.7. The standard InChI is InChI=1S/C46H25N5O2/c47-26-27-14-18-34-35-19-15-29(23-41(35)52-40(34)22-27)30-16-20-36-37-21-17-31(25-43(37)53-42(36)24-30)45-48-44(28-8-2-1-3-9-28)49-46(50-45)51-38-12-6-4-10-32(38)33-11-5-7-13-39(33)51/h1-25H. The van der Waals surface area contributed by atoms with Gasteiger partial charge in [0.25, 0.3) is 0 Å². The Bertz CT molecular complexity index is 3260. The first-order valence-electron chi connectivity index (χ1n) is 17.3. The molecule has 53 heavy (non-hydrogen) atoms. The molecule has 0 fully saturated rings. The maximum Gasteiger partial charge on any atom is 0.238 e. The van der Waals surface area contributed by atoms with Crippen LogP contribution in [-0.4, -0.2) is 19.5 Å². The van der Waals surface area contributed by atoms with Gasteiger partial charge in [0.05, 0.1) is 22.7 Å². The maximum atomic E-state index is 9.33. The van der Waals surface area contributed by atoms with Gasteiger partial charge in [0.15, 0.2) is 11.6 Å². The van der Waals surface area contributed by atoms with Gasteiger partial charge in [-0.2, -0.15) is 15.2 Å². The molecule has 0 unspecified atom stereocenters. The highest BCUT2D eigenvalue weighted by Gasteiger charge is 2.19. The van der Waals surface area contributed by atoms with Gasteiger partial charge in [-0.3, -0.25) is 4.57 Å². The summed E-state index contributed by atoms with van der Waals surface area (Å²) in [5.74, 6) is 1.70. The zero-order chi connectivity index (χ0) is 35.0. The summed E-state index contributed by atoms with van der Waals surface area (Å²) in [6, 6.07) is 53.1. The number of aromatic nitrogens is 4. The van der Waals surface area contributed by atoms with Gasteiger partial charge in [-0.1, -0.05) is 84.9 Å². The Morgan fingerprint density at radius 2 is 0.887 bits per heavy atom. The minimum absolute atomic E-state index is 0.549. The molecule has 4 aromatic heterocycles. The van der Waals surface area contributed by atoms with Crippen LogP contribution >= 0.6 is 0 Å². The summed E-state index contributed by atoms with van der Waals surface area (Å²) in [6.45, 7) is 0. The number of nitriles is 1. The van der Waals surface area contributed by atoms with E-state index < -0.39 is 0 Å². The van der Waals surface area contributed by atoms with Crippen molar-refractivity contribution in [3.63, 3.8) is 0 Å². The van der Waals surface area contributed by atoms with E-state index in [1.807, 2.05) is 66.7 Å². The van der Waals surface area contributed by atoms with Crippen LogP contribution in [0.5, 0.6) is 0 Å². The summed E-state index contributed by atoms with van der Waals surface area (Å²) < 4.78 is 14.8. The zero-order valence-electron chi connectivity index (χ0n) is 28.0. The Hall–Kier alpha value is -7.56. The predicted octanol–water partition coefficient (Wildman–Crippen LogP) is 11.6. The van der Waals surface area contributed by atoms with E-state index >= 15 is 0 Å². The van der Waals surface area contributed by atoms with Crippen LogP contribution in [0.15, 0.2) is 160 Å². The summed E-state index contributed by atoms with van der Waals surface area (Å²) >= 11 is 0. The van der Waals surface area contributed by atoms with Crippen LogP contribution in [-0.2, 0) is 0 Å². The molecule has 246 valence electrons. The number of hydrogen-bond donors (Lipinski definition) is 0. The highest BCUT2D eigenvalue weighted by Crippen LogP contribution is 2.38. The van der Waals surface area contributed by atoms with Crippen LogP contribution in [0, 0.1) is 11.3 Å². The molecule has 0 amide bonds. The Labute approximate surface area is 301 Å². The number of benzene rings is 7. The minimum Gasteiger partial charge on any atom is -0.456 e. The molecule has 0 bridgehead atoms. The van der Waals surface area contributed by atoms with Gasteiger partial charge in [-0.05, 0) is 77.9 Å². The zero-order valence-corrected chi connectivity index (χ0v) is 28.0. The van der Waals surface area contributed by atoms with E-state index in [0.717, 1.165) is 82.4 Å². The first-order valence-corrected chi connectivity index (χ1v) is 17.3. The summed E-state index contributed by atoms with van der Waals surface area (Å²) in [7, 11) is 0. The van der Waals surface area contributed by atoms with E-state index in [9.17, 15) is 5.26 Å². The first kappa shape index (κ1) is 29.2. The van der Waals surface area contributed by atoms with Crippen molar-refractivity contribution in [2.24, 2.45) is 0 Å². The fraction of sp³-hybridized carbons (Fsp3) is 0. The Kier molecular flexibility index (Phi) is 6.18. The molecule has 0 N–H and O–H groups in total. The lowest BCUT2D eigenvalue weighted by Gasteiger charge is -2.10. The molecule has 0 saturated heterocycles. The lowest BCUT2D eigenvalue weighted by Crippen LogP contribution is -2.06. The topological polar surface area (TPSA) is 93.7 Å². The summed E-state index contributed by atoms with van der Waals surface area (Å²) in [6.07, 6.45) is 0. The Morgan fingerprint density at radius 3 is 1.47 bits per heavy atom. The third-order valence-corrected chi connectivity index (χ3v) is 10.1. The average molecular weight is 680 g/mol. The van der Waals surface area contributed by atoms with Crippen molar-refractivity contribution in [2.45, 2.75) is 0 Å². The number of para-hydroxylation sites is 2. The van der Waals surface area contributed by atoms with Crippen molar-refractivity contribution in [3.8, 4) is 45.9 Å². The van der Waals surface area contributed by atoms with Crippen LogP contribution in [0.25, 0.3) is 106 Å². The molecule has 11 aromatic rings. The normalized spacial score (nSPS) is 11.8. The van der Waals surface area contributed by atoms with E-state index in [1.54, 1.807) is 6.07 Å². The number of fused-ring (bicyclic) bond motifs is 9. The third kappa shape index (κ3) is 4.56. The van der Waals surface area contributed by atoms with Gasteiger partial charge in [0.2, 0.25) is 5.95 Å². The molecule has 7 heteroatoms. The molecule has 7 aromatic carbocycles. The van der Waals surface area contributed by atoms with Crippen LogP contribution in [0.3, 0.4) is 0 Å². The molecule has 0 saturated carbocycles. The molecule has 0 aliphatic rings. The van der Waals surface area contributed by atoms with Crippen molar-refractivity contribution in [1.82, 2.24) is 19.5 Å². The van der Waals surface area contributed by atoms with Crippen molar-refractivity contribution in [1.29, 1.82) is 5.26 Å². The van der Waals surface area contributed by atoms with Crippen molar-refractivity contribution < 1.29 is 8.83 Å². The van der Waals surface area contributed by atoms with Gasteiger partial charge in [0, 0.05) is 43.4 Å². The van der Waals surface area contributed by atoms with Crippen LogP contribution in [0.2, 0.25) is 0 Å². The molecule has 0 atom stereocenters. The average Bonchev–Trinajstić information content (AvgIpc) is 3.89. The molecule has 0 aliphatic heterocycles. The van der Waals surface area contributed by atoms with Gasteiger partial charge in [-0.15, -0.1) is 0 Å². The molecule has 0 aliphatic carbocycles. The highest BCUT2D eigenvalue weighted by molar-refractivity contribution is 6.10.